The third kappa shape index (κ3) is 2.49. The minimum absolute atomic E-state index is 0.133. The van der Waals surface area contributed by atoms with Crippen LogP contribution in [0, 0.1) is 0 Å². The van der Waals surface area contributed by atoms with Crippen LogP contribution in [0.4, 0.5) is 0 Å². The average molecular weight is 304 g/mol. The van der Waals surface area contributed by atoms with Gasteiger partial charge in [0.15, 0.2) is 5.11 Å². The number of hydrogen-bond donors (Lipinski definition) is 1. The van der Waals surface area contributed by atoms with E-state index >= 15 is 0 Å². The quantitative estimate of drug-likeness (QED) is 0.853. The number of hydrogen-bond acceptors (Lipinski definition) is 2. The van der Waals surface area contributed by atoms with Gasteiger partial charge in [0.1, 0.15) is 0 Å². The predicted octanol–water partition coefficient (Wildman–Crippen LogP) is 3.25. The second-order valence-electron chi connectivity index (χ2n) is 4.83. The summed E-state index contributed by atoms with van der Waals surface area (Å²) >= 11 is 11.0. The molecule has 0 spiro atoms. The Labute approximate surface area is 128 Å². The third-order valence-electron chi connectivity index (χ3n) is 3.54. The first-order valence-electron chi connectivity index (χ1n) is 6.43. The molecule has 0 radical (unpaired) electrons. The number of nitrogens with zero attached hydrogens (tertiary/aromatic N) is 2. The molecule has 1 aliphatic heterocycles. The Bertz CT molecular complexity index is 631. The normalized spacial score (nSPS) is 21.1. The van der Waals surface area contributed by atoms with Gasteiger partial charge in [-0.1, -0.05) is 42.0 Å². The molecule has 1 aliphatic carbocycles. The summed E-state index contributed by atoms with van der Waals surface area (Å²) in [6.45, 7) is 0. The molecule has 3 nitrogen and oxygen atoms in total. The summed E-state index contributed by atoms with van der Waals surface area (Å²) in [5.74, 6) is 0. The highest BCUT2D eigenvalue weighted by Crippen LogP contribution is 2.29. The van der Waals surface area contributed by atoms with Crippen LogP contribution >= 0.6 is 23.8 Å². The Kier molecular flexibility index (Phi) is 3.59. The lowest BCUT2D eigenvalue weighted by molar-refractivity contribution is 0.401. The van der Waals surface area contributed by atoms with Crippen LogP contribution in [0.25, 0.3) is 0 Å². The van der Waals surface area contributed by atoms with Gasteiger partial charge in [0, 0.05) is 11.4 Å². The lowest BCUT2D eigenvalue weighted by Gasteiger charge is -2.22. The number of hydrazone groups is 1. The van der Waals surface area contributed by atoms with Crippen molar-refractivity contribution in [2.75, 3.05) is 0 Å². The molecule has 2 aliphatic rings. The van der Waals surface area contributed by atoms with Crippen LogP contribution < -0.4 is 5.73 Å². The van der Waals surface area contributed by atoms with Gasteiger partial charge in [-0.25, -0.2) is 5.01 Å². The highest BCUT2D eigenvalue weighted by molar-refractivity contribution is 7.80. The van der Waals surface area contributed by atoms with Gasteiger partial charge in [-0.05, 0) is 41.9 Å². The molecule has 0 saturated heterocycles. The fraction of sp³-hybridized carbons (Fsp3) is 0.200. The number of thiocarbonyl (C=S) groups is 1. The monoisotopic (exact) mass is 303 g/mol. The van der Waals surface area contributed by atoms with Crippen LogP contribution in [-0.2, 0) is 0 Å². The van der Waals surface area contributed by atoms with Gasteiger partial charge in [0.2, 0.25) is 0 Å². The molecular weight excluding hydrogens is 290 g/mol. The van der Waals surface area contributed by atoms with Crippen molar-refractivity contribution >= 4 is 34.6 Å². The van der Waals surface area contributed by atoms with Crippen molar-refractivity contribution in [2.24, 2.45) is 10.8 Å². The van der Waals surface area contributed by atoms with Crippen LogP contribution in [0.1, 0.15) is 18.4 Å². The number of nitrogens with two attached hydrogens (primary N) is 1. The minimum Gasteiger partial charge on any atom is -0.375 e. The summed E-state index contributed by atoms with van der Waals surface area (Å²) in [6.07, 6.45) is 8.07. The second kappa shape index (κ2) is 5.38. The zero-order chi connectivity index (χ0) is 14.1. The Morgan fingerprint density at radius 3 is 2.70 bits per heavy atom. The number of allylic oxidation sites excluding steroid dienone is 3. The van der Waals surface area contributed by atoms with Gasteiger partial charge >= 0.3 is 0 Å². The summed E-state index contributed by atoms with van der Waals surface area (Å²) in [4.78, 5) is 0. The van der Waals surface area contributed by atoms with Crippen molar-refractivity contribution in [3.05, 3.63) is 58.7 Å². The predicted molar refractivity (Wildman–Crippen MR) is 86.9 cm³/mol. The maximum Gasteiger partial charge on any atom is 0.187 e. The van der Waals surface area contributed by atoms with E-state index in [0.29, 0.717) is 5.11 Å². The molecule has 1 aromatic carbocycles. The Balaban J connectivity index is 1.88. The van der Waals surface area contributed by atoms with Gasteiger partial charge < -0.3 is 5.73 Å². The summed E-state index contributed by atoms with van der Waals surface area (Å²) < 4.78 is 0. The molecule has 0 saturated carbocycles. The summed E-state index contributed by atoms with van der Waals surface area (Å²) in [6, 6.07) is 7.82. The summed E-state index contributed by atoms with van der Waals surface area (Å²) in [5, 5.41) is 7.37. The molecule has 2 N–H and O–H groups in total. The van der Waals surface area contributed by atoms with Crippen molar-refractivity contribution in [3.8, 4) is 0 Å². The number of benzene rings is 1. The molecular formula is C15H14ClN3S. The van der Waals surface area contributed by atoms with Gasteiger partial charge in [0.25, 0.3) is 0 Å². The van der Waals surface area contributed by atoms with E-state index in [1.807, 2.05) is 24.3 Å². The molecule has 20 heavy (non-hydrogen) atoms. The fourth-order valence-corrected chi connectivity index (χ4v) is 2.82. The van der Waals surface area contributed by atoms with Crippen LogP contribution in [0.2, 0.25) is 5.02 Å². The molecule has 1 heterocycles. The third-order valence-corrected chi connectivity index (χ3v) is 3.98. The highest BCUT2D eigenvalue weighted by Gasteiger charge is 2.31. The molecule has 1 atom stereocenters. The van der Waals surface area contributed by atoms with Gasteiger partial charge in [-0.3, -0.25) is 0 Å². The van der Waals surface area contributed by atoms with E-state index in [0.717, 1.165) is 29.1 Å². The Hall–Kier alpha value is -1.65. The maximum absolute atomic E-state index is 5.92. The Morgan fingerprint density at radius 2 is 2.10 bits per heavy atom. The van der Waals surface area contributed by atoms with Crippen LogP contribution in [0.5, 0.6) is 0 Å². The first-order chi connectivity index (χ1) is 9.65. The lowest BCUT2D eigenvalue weighted by atomic mass is 9.98. The first-order valence-corrected chi connectivity index (χ1v) is 7.21. The molecule has 1 unspecified atom stereocenters. The van der Waals surface area contributed by atoms with Crippen LogP contribution in [-0.4, -0.2) is 21.9 Å². The molecule has 5 heteroatoms. The standard InChI is InChI=1S/C15H14ClN3S/c16-12-7-5-10(6-8-12)13-9-14(11-3-1-2-4-11)19(18-13)15(17)20/h1-3,5-8,14H,4,9H2,(H2,17,20). The van der Waals surface area contributed by atoms with Crippen LogP contribution in [0.15, 0.2) is 53.2 Å². The average Bonchev–Trinajstić information content (AvgIpc) is 3.08. The van der Waals surface area contributed by atoms with Gasteiger partial charge in [0.05, 0.1) is 11.8 Å². The van der Waals surface area contributed by atoms with Crippen molar-refractivity contribution in [1.29, 1.82) is 0 Å². The van der Waals surface area contributed by atoms with Crippen molar-refractivity contribution in [3.63, 3.8) is 0 Å². The summed E-state index contributed by atoms with van der Waals surface area (Å²) in [7, 11) is 0. The molecule has 0 aromatic heterocycles. The van der Waals surface area contributed by atoms with Crippen molar-refractivity contribution < 1.29 is 0 Å². The number of rotatable bonds is 2. The zero-order valence-electron chi connectivity index (χ0n) is 10.8. The SMILES string of the molecule is NC(=S)N1N=C(c2ccc(Cl)cc2)CC1C1=CC=CC1. The topological polar surface area (TPSA) is 41.6 Å². The van der Waals surface area contributed by atoms with E-state index in [4.69, 9.17) is 29.6 Å². The molecule has 1 aromatic rings. The van der Waals surface area contributed by atoms with Crippen LogP contribution in [0.3, 0.4) is 0 Å². The molecule has 0 fully saturated rings. The van der Waals surface area contributed by atoms with E-state index in [2.05, 4.69) is 23.3 Å². The zero-order valence-corrected chi connectivity index (χ0v) is 12.4. The van der Waals surface area contributed by atoms with E-state index in [1.54, 1.807) is 5.01 Å². The smallest absolute Gasteiger partial charge is 0.187 e. The first kappa shape index (κ1) is 13.3. The van der Waals surface area contributed by atoms with Gasteiger partial charge in [-0.15, -0.1) is 0 Å². The van der Waals surface area contributed by atoms with Crippen molar-refractivity contribution in [2.45, 2.75) is 18.9 Å². The molecule has 3 rings (SSSR count). The van der Waals surface area contributed by atoms with E-state index < -0.39 is 0 Å². The van der Waals surface area contributed by atoms with E-state index in [-0.39, 0.29) is 6.04 Å². The number of halogens is 1. The minimum atomic E-state index is 0.133. The molecule has 0 bridgehead atoms. The Morgan fingerprint density at radius 1 is 1.35 bits per heavy atom. The fourth-order valence-electron chi connectivity index (χ4n) is 2.53. The second-order valence-corrected chi connectivity index (χ2v) is 5.68. The highest BCUT2D eigenvalue weighted by atomic mass is 35.5. The lowest BCUT2D eigenvalue weighted by Crippen LogP contribution is -2.37. The largest absolute Gasteiger partial charge is 0.375 e. The van der Waals surface area contributed by atoms with E-state index in [1.165, 1.54) is 5.57 Å². The maximum atomic E-state index is 5.92. The summed E-state index contributed by atoms with van der Waals surface area (Å²) in [5.41, 5.74) is 9.15. The van der Waals surface area contributed by atoms with Crippen molar-refractivity contribution in [1.82, 2.24) is 5.01 Å². The molecule has 102 valence electrons. The van der Waals surface area contributed by atoms with E-state index in [9.17, 15) is 0 Å². The van der Waals surface area contributed by atoms with Gasteiger partial charge in [-0.2, -0.15) is 5.10 Å². The molecule has 0 amide bonds.